The van der Waals surface area contributed by atoms with Crippen molar-refractivity contribution in [3.05, 3.63) is 64.9 Å². The van der Waals surface area contributed by atoms with Crippen molar-refractivity contribution < 1.29 is 4.39 Å². The number of hydrogen-bond donors (Lipinski definition) is 0. The largest absolute Gasteiger partial charge is 0.253 e. The summed E-state index contributed by atoms with van der Waals surface area (Å²) in [6, 6.07) is 13.5. The number of aliphatic imine (C=N–C) groups is 1. The van der Waals surface area contributed by atoms with Crippen molar-refractivity contribution in [3.8, 4) is 0 Å². The lowest BCUT2D eigenvalue weighted by Gasteiger charge is -2.01. The maximum Gasteiger partial charge on any atom is 0.123 e. The Hall–Kier alpha value is -1.67. The van der Waals surface area contributed by atoms with E-state index in [4.69, 9.17) is 11.6 Å². The highest BCUT2D eigenvalue weighted by atomic mass is 35.5. The minimum absolute atomic E-state index is 0.243. The summed E-state index contributed by atoms with van der Waals surface area (Å²) in [6.07, 6.45) is 0. The first-order valence-corrected chi connectivity index (χ1v) is 5.60. The zero-order valence-electron chi connectivity index (χ0n) is 9.32. The molecule has 0 fully saturated rings. The third kappa shape index (κ3) is 3.14. The van der Waals surface area contributed by atoms with Gasteiger partial charge in [0.2, 0.25) is 0 Å². The molecule has 0 aliphatic heterocycles. The molecule has 0 amide bonds. The predicted molar refractivity (Wildman–Crippen MR) is 69.7 cm³/mol. The fraction of sp³-hybridized carbons (Fsp3) is 0.0714. The number of hydrogen-bond acceptors (Lipinski definition) is 1. The Morgan fingerprint density at radius 3 is 2.18 bits per heavy atom. The summed E-state index contributed by atoms with van der Waals surface area (Å²) in [5, 5.41) is 0.684. The molecule has 17 heavy (non-hydrogen) atoms. The predicted octanol–water partition coefficient (Wildman–Crippen LogP) is 4.62. The van der Waals surface area contributed by atoms with Crippen LogP contribution in [0.3, 0.4) is 0 Å². The molecule has 0 aromatic heterocycles. The van der Waals surface area contributed by atoms with Crippen molar-refractivity contribution in [1.82, 2.24) is 0 Å². The van der Waals surface area contributed by atoms with Gasteiger partial charge in [0.1, 0.15) is 5.82 Å². The lowest BCUT2D eigenvalue weighted by molar-refractivity contribution is 0.628. The van der Waals surface area contributed by atoms with Gasteiger partial charge in [-0.3, -0.25) is 4.99 Å². The maximum absolute atomic E-state index is 12.8. The molecule has 0 saturated heterocycles. The first-order chi connectivity index (χ1) is 8.15. The van der Waals surface area contributed by atoms with Crippen molar-refractivity contribution in [3.63, 3.8) is 0 Å². The van der Waals surface area contributed by atoms with E-state index < -0.39 is 0 Å². The average molecular weight is 248 g/mol. The van der Waals surface area contributed by atoms with Crippen LogP contribution in [0.5, 0.6) is 0 Å². The second kappa shape index (κ2) is 5.11. The summed E-state index contributed by atoms with van der Waals surface area (Å²) in [5.41, 5.74) is 2.57. The van der Waals surface area contributed by atoms with E-state index in [0.29, 0.717) is 5.02 Å². The van der Waals surface area contributed by atoms with E-state index in [2.05, 4.69) is 4.99 Å². The molecule has 0 saturated carbocycles. The molecule has 0 unspecified atom stereocenters. The second-order valence-electron chi connectivity index (χ2n) is 3.68. The van der Waals surface area contributed by atoms with Gasteiger partial charge < -0.3 is 0 Å². The van der Waals surface area contributed by atoms with Crippen molar-refractivity contribution in [2.75, 3.05) is 0 Å². The second-order valence-corrected chi connectivity index (χ2v) is 4.12. The standard InChI is InChI=1S/C14H11ClFN/c1-10(11-2-6-13(16)7-3-11)17-14-8-4-12(15)5-9-14/h2-9H,1H3. The summed E-state index contributed by atoms with van der Waals surface area (Å²) in [7, 11) is 0. The maximum atomic E-state index is 12.8. The van der Waals surface area contributed by atoms with Gasteiger partial charge in [-0.1, -0.05) is 23.7 Å². The monoisotopic (exact) mass is 247 g/mol. The summed E-state index contributed by atoms with van der Waals surface area (Å²) >= 11 is 5.79. The van der Waals surface area contributed by atoms with E-state index in [1.54, 1.807) is 24.3 Å². The van der Waals surface area contributed by atoms with Gasteiger partial charge in [0.25, 0.3) is 0 Å². The zero-order chi connectivity index (χ0) is 12.3. The Morgan fingerprint density at radius 2 is 1.59 bits per heavy atom. The van der Waals surface area contributed by atoms with Crippen LogP contribution in [0.15, 0.2) is 53.5 Å². The minimum atomic E-state index is -0.243. The minimum Gasteiger partial charge on any atom is -0.253 e. The van der Waals surface area contributed by atoms with Gasteiger partial charge in [0, 0.05) is 10.7 Å². The molecule has 0 aliphatic rings. The molecule has 0 radical (unpaired) electrons. The van der Waals surface area contributed by atoms with Crippen molar-refractivity contribution in [2.45, 2.75) is 6.92 Å². The molecule has 86 valence electrons. The quantitative estimate of drug-likeness (QED) is 0.687. The molecular formula is C14H11ClFN. The van der Waals surface area contributed by atoms with Gasteiger partial charge in [0.15, 0.2) is 0 Å². The molecule has 2 aromatic carbocycles. The third-order valence-electron chi connectivity index (χ3n) is 2.39. The number of nitrogens with zero attached hydrogens (tertiary/aromatic N) is 1. The summed E-state index contributed by atoms with van der Waals surface area (Å²) < 4.78 is 12.8. The first kappa shape index (κ1) is 11.8. The number of halogens is 2. The van der Waals surface area contributed by atoms with E-state index in [-0.39, 0.29) is 5.82 Å². The topological polar surface area (TPSA) is 12.4 Å². The number of rotatable bonds is 2. The molecule has 3 heteroatoms. The molecule has 1 nitrogen and oxygen atoms in total. The highest BCUT2D eigenvalue weighted by molar-refractivity contribution is 6.30. The highest BCUT2D eigenvalue weighted by Gasteiger charge is 1.98. The Labute approximate surface area is 105 Å². The molecule has 2 rings (SSSR count). The Morgan fingerprint density at radius 1 is 1.00 bits per heavy atom. The van der Waals surface area contributed by atoms with E-state index in [9.17, 15) is 4.39 Å². The van der Waals surface area contributed by atoms with Crippen LogP contribution in [-0.4, -0.2) is 5.71 Å². The van der Waals surface area contributed by atoms with Crippen LogP contribution in [0, 0.1) is 5.82 Å². The number of benzene rings is 2. The Bertz CT molecular complexity index is 529. The van der Waals surface area contributed by atoms with Crippen molar-refractivity contribution in [2.24, 2.45) is 4.99 Å². The van der Waals surface area contributed by atoms with Crippen LogP contribution < -0.4 is 0 Å². The van der Waals surface area contributed by atoms with Gasteiger partial charge in [-0.2, -0.15) is 0 Å². The smallest absolute Gasteiger partial charge is 0.123 e. The van der Waals surface area contributed by atoms with Gasteiger partial charge in [-0.05, 0) is 48.9 Å². The summed E-state index contributed by atoms with van der Waals surface area (Å²) in [4.78, 5) is 4.44. The van der Waals surface area contributed by atoms with Gasteiger partial charge >= 0.3 is 0 Å². The molecule has 0 spiro atoms. The molecule has 2 aromatic rings. The normalized spacial score (nSPS) is 11.6. The van der Waals surface area contributed by atoms with Crippen LogP contribution in [0.1, 0.15) is 12.5 Å². The van der Waals surface area contributed by atoms with Crippen molar-refractivity contribution >= 4 is 23.0 Å². The third-order valence-corrected chi connectivity index (χ3v) is 2.64. The lowest BCUT2D eigenvalue weighted by Crippen LogP contribution is -1.93. The SMILES string of the molecule is CC(=Nc1ccc(Cl)cc1)c1ccc(F)cc1. The van der Waals surface area contributed by atoms with Gasteiger partial charge in [-0.25, -0.2) is 4.39 Å². The van der Waals surface area contributed by atoms with Crippen LogP contribution in [0.2, 0.25) is 5.02 Å². The molecule has 0 atom stereocenters. The Kier molecular flexibility index (Phi) is 3.55. The molecule has 0 N–H and O–H groups in total. The van der Waals surface area contributed by atoms with Crippen molar-refractivity contribution in [1.29, 1.82) is 0 Å². The van der Waals surface area contributed by atoms with E-state index in [1.807, 2.05) is 19.1 Å². The van der Waals surface area contributed by atoms with Crippen LogP contribution >= 0.6 is 11.6 Å². The summed E-state index contributed by atoms with van der Waals surface area (Å²) in [5.74, 6) is -0.243. The van der Waals surface area contributed by atoms with Gasteiger partial charge in [0.05, 0.1) is 5.69 Å². The lowest BCUT2D eigenvalue weighted by atomic mass is 10.1. The molecular weight excluding hydrogens is 237 g/mol. The first-order valence-electron chi connectivity index (χ1n) is 5.22. The zero-order valence-corrected chi connectivity index (χ0v) is 10.1. The van der Waals surface area contributed by atoms with Crippen LogP contribution in [0.4, 0.5) is 10.1 Å². The van der Waals surface area contributed by atoms with E-state index in [1.165, 1.54) is 12.1 Å². The van der Waals surface area contributed by atoms with Crippen LogP contribution in [0.25, 0.3) is 0 Å². The fourth-order valence-electron chi connectivity index (χ4n) is 1.46. The summed E-state index contributed by atoms with van der Waals surface area (Å²) in [6.45, 7) is 1.89. The highest BCUT2D eigenvalue weighted by Crippen LogP contribution is 2.17. The van der Waals surface area contributed by atoms with E-state index >= 15 is 0 Å². The van der Waals surface area contributed by atoms with Crippen LogP contribution in [-0.2, 0) is 0 Å². The van der Waals surface area contributed by atoms with Gasteiger partial charge in [-0.15, -0.1) is 0 Å². The fourth-order valence-corrected chi connectivity index (χ4v) is 1.59. The average Bonchev–Trinajstić information content (AvgIpc) is 2.33. The Balaban J connectivity index is 2.27. The van der Waals surface area contributed by atoms with E-state index in [0.717, 1.165) is 17.0 Å². The molecule has 0 bridgehead atoms. The molecule has 0 heterocycles. The molecule has 0 aliphatic carbocycles.